The van der Waals surface area contributed by atoms with Gasteiger partial charge in [-0.2, -0.15) is 6.07 Å². The molecular formula is C42H24N4OPd. The van der Waals surface area contributed by atoms with E-state index in [1.807, 2.05) is 54.7 Å². The van der Waals surface area contributed by atoms with Crippen LogP contribution in [0.5, 0.6) is 11.5 Å². The van der Waals surface area contributed by atoms with Crippen molar-refractivity contribution in [1.82, 2.24) is 18.9 Å². The minimum Gasteiger partial charge on any atom is -0.503 e. The Kier molecular flexibility index (Phi) is 6.62. The van der Waals surface area contributed by atoms with Crippen molar-refractivity contribution in [3.63, 3.8) is 0 Å². The fourth-order valence-electron chi connectivity index (χ4n) is 6.90. The van der Waals surface area contributed by atoms with Gasteiger partial charge >= 0.3 is 20.4 Å². The fraction of sp³-hybridized carbons (Fsp3) is 0. The van der Waals surface area contributed by atoms with Crippen molar-refractivity contribution in [1.29, 1.82) is 0 Å². The Labute approximate surface area is 289 Å². The number of imidazole rings is 1. The number of hydrogen-bond donors (Lipinski definition) is 0. The third-order valence-electron chi connectivity index (χ3n) is 8.99. The molecule has 0 bridgehead atoms. The van der Waals surface area contributed by atoms with Crippen LogP contribution in [0.4, 0.5) is 0 Å². The van der Waals surface area contributed by atoms with E-state index in [0.29, 0.717) is 11.5 Å². The smallest absolute Gasteiger partial charge is 0.503 e. The van der Waals surface area contributed by atoms with Gasteiger partial charge in [0.1, 0.15) is 5.82 Å². The summed E-state index contributed by atoms with van der Waals surface area (Å²) >= 11 is 0. The van der Waals surface area contributed by atoms with E-state index in [2.05, 4.69) is 117 Å². The molecule has 48 heavy (non-hydrogen) atoms. The number of nitrogens with zero attached hydrogens (tertiary/aromatic N) is 4. The summed E-state index contributed by atoms with van der Waals surface area (Å²) in [6.45, 7) is 0. The van der Waals surface area contributed by atoms with E-state index in [4.69, 9.17) is 9.72 Å². The van der Waals surface area contributed by atoms with Crippen molar-refractivity contribution in [2.24, 2.45) is 0 Å². The summed E-state index contributed by atoms with van der Waals surface area (Å²) in [4.78, 5) is 9.76. The molecule has 228 valence electrons. The Bertz CT molecular complexity index is 2820. The minimum atomic E-state index is 0. The van der Waals surface area contributed by atoms with Crippen LogP contribution in [-0.4, -0.2) is 18.9 Å². The largest absolute Gasteiger partial charge is 2.00 e. The molecule has 10 rings (SSSR count). The number of fused-ring (bicyclic) bond motifs is 11. The Balaban J connectivity index is 0.00000314. The van der Waals surface area contributed by atoms with Gasteiger partial charge in [-0.25, -0.2) is 4.98 Å². The second kappa shape index (κ2) is 11.2. The quantitative estimate of drug-likeness (QED) is 0.104. The summed E-state index contributed by atoms with van der Waals surface area (Å²) < 4.78 is 10.9. The SMILES string of the molecule is [Pd+2].[c-]1c(Oc2[c-]c3c(cc2)c2ccccc2n3-c2ccccn2)ccc2c1c1nc3ccccc3n1c1cc(-c3ccccc3)ccc21. The normalized spacial score (nSPS) is 11.6. The number of para-hydroxylation sites is 3. The van der Waals surface area contributed by atoms with Gasteiger partial charge in [0.15, 0.2) is 0 Å². The van der Waals surface area contributed by atoms with E-state index in [1.165, 1.54) is 5.56 Å². The van der Waals surface area contributed by atoms with Crippen LogP contribution in [-0.2, 0) is 20.4 Å². The average Bonchev–Trinajstić information content (AvgIpc) is 3.69. The molecule has 4 heterocycles. The molecule has 0 aliphatic heterocycles. The first-order valence-corrected chi connectivity index (χ1v) is 15.6. The third-order valence-corrected chi connectivity index (χ3v) is 8.99. The summed E-state index contributed by atoms with van der Waals surface area (Å²) in [6.07, 6.45) is 1.81. The van der Waals surface area contributed by atoms with Gasteiger partial charge in [-0.3, -0.25) is 4.98 Å². The number of rotatable bonds is 4. The minimum absolute atomic E-state index is 0. The van der Waals surface area contributed by atoms with Gasteiger partial charge in [-0.1, -0.05) is 101 Å². The predicted molar refractivity (Wildman–Crippen MR) is 189 cm³/mol. The molecule has 5 nitrogen and oxygen atoms in total. The zero-order chi connectivity index (χ0) is 30.9. The van der Waals surface area contributed by atoms with Gasteiger partial charge in [0.05, 0.1) is 16.7 Å². The maximum atomic E-state index is 6.51. The molecule has 0 N–H and O–H groups in total. The molecule has 0 unspecified atom stereocenters. The molecule has 0 saturated heterocycles. The van der Waals surface area contributed by atoms with Crippen LogP contribution in [0.25, 0.3) is 77.1 Å². The fourth-order valence-corrected chi connectivity index (χ4v) is 6.90. The van der Waals surface area contributed by atoms with Gasteiger partial charge < -0.3 is 13.7 Å². The molecule has 0 saturated carbocycles. The van der Waals surface area contributed by atoms with Gasteiger partial charge in [0.25, 0.3) is 0 Å². The Morgan fingerprint density at radius 3 is 2.10 bits per heavy atom. The number of benzene rings is 6. The van der Waals surface area contributed by atoms with Crippen LogP contribution in [0.1, 0.15) is 0 Å². The summed E-state index contributed by atoms with van der Waals surface area (Å²) in [5.41, 5.74) is 8.26. The Morgan fingerprint density at radius 2 is 1.25 bits per heavy atom. The molecular weight excluding hydrogens is 683 g/mol. The first kappa shape index (κ1) is 28.4. The molecule has 0 radical (unpaired) electrons. The Morgan fingerprint density at radius 1 is 0.542 bits per heavy atom. The molecule has 4 aromatic heterocycles. The van der Waals surface area contributed by atoms with Crippen molar-refractivity contribution in [3.05, 3.63) is 158 Å². The monoisotopic (exact) mass is 706 g/mol. The number of pyridine rings is 2. The summed E-state index contributed by atoms with van der Waals surface area (Å²) in [7, 11) is 0. The van der Waals surface area contributed by atoms with Crippen LogP contribution in [0.15, 0.2) is 146 Å². The van der Waals surface area contributed by atoms with E-state index in [9.17, 15) is 0 Å². The zero-order valence-electron chi connectivity index (χ0n) is 25.4. The van der Waals surface area contributed by atoms with Crippen LogP contribution in [0.2, 0.25) is 0 Å². The van der Waals surface area contributed by atoms with Crippen molar-refractivity contribution >= 4 is 60.2 Å². The molecule has 0 spiro atoms. The predicted octanol–water partition coefficient (Wildman–Crippen LogP) is 10.3. The van der Waals surface area contributed by atoms with E-state index >= 15 is 0 Å². The van der Waals surface area contributed by atoms with E-state index in [-0.39, 0.29) is 20.4 Å². The topological polar surface area (TPSA) is 44.3 Å². The van der Waals surface area contributed by atoms with Crippen molar-refractivity contribution in [3.8, 4) is 28.4 Å². The second-order valence-electron chi connectivity index (χ2n) is 11.7. The molecule has 0 aliphatic rings. The van der Waals surface area contributed by atoms with Crippen LogP contribution >= 0.6 is 0 Å². The summed E-state index contributed by atoms with van der Waals surface area (Å²) in [5.74, 6) is 2.04. The number of aromatic nitrogens is 4. The molecule has 10 aromatic rings. The molecule has 0 atom stereocenters. The van der Waals surface area contributed by atoms with Gasteiger partial charge in [0, 0.05) is 28.7 Å². The number of hydrogen-bond acceptors (Lipinski definition) is 3. The first-order chi connectivity index (χ1) is 23.3. The van der Waals surface area contributed by atoms with Crippen molar-refractivity contribution < 1.29 is 25.2 Å². The molecule has 0 aliphatic carbocycles. The van der Waals surface area contributed by atoms with Crippen molar-refractivity contribution in [2.75, 3.05) is 0 Å². The van der Waals surface area contributed by atoms with Crippen LogP contribution in [0.3, 0.4) is 0 Å². The van der Waals surface area contributed by atoms with E-state index in [0.717, 1.165) is 71.5 Å². The summed E-state index contributed by atoms with van der Waals surface area (Å²) in [6, 6.07) is 55.1. The first-order valence-electron chi connectivity index (χ1n) is 15.6. The van der Waals surface area contributed by atoms with E-state index < -0.39 is 0 Å². The number of ether oxygens (including phenoxy) is 1. The average molecular weight is 707 g/mol. The maximum Gasteiger partial charge on any atom is 2.00 e. The molecule has 6 aromatic carbocycles. The Hall–Kier alpha value is -5.80. The molecule has 0 amide bonds. The zero-order valence-corrected chi connectivity index (χ0v) is 26.9. The van der Waals surface area contributed by atoms with Gasteiger partial charge in [0.2, 0.25) is 0 Å². The van der Waals surface area contributed by atoms with Crippen LogP contribution in [0, 0.1) is 12.1 Å². The maximum absolute atomic E-state index is 6.51. The van der Waals surface area contributed by atoms with Gasteiger partial charge in [-0.15, -0.1) is 29.7 Å². The standard InChI is InChI=1S/C42H24N4O.Pd/c1-2-10-27(11-3-1)28-17-20-33-31-21-18-29(25-35(31)42-44-36-13-5-7-15-38(36)46(42)39(33)24-28)47-30-19-22-34-32-12-4-6-14-37(32)45(40(34)26-30)41-16-8-9-23-43-41;/h1-24H;/q-2;+2. The van der Waals surface area contributed by atoms with Crippen molar-refractivity contribution in [2.45, 2.75) is 0 Å². The van der Waals surface area contributed by atoms with Crippen LogP contribution < -0.4 is 4.74 Å². The van der Waals surface area contributed by atoms with Gasteiger partial charge in [-0.05, 0) is 58.3 Å². The summed E-state index contributed by atoms with van der Waals surface area (Å²) in [5, 5.41) is 5.34. The molecule has 0 fully saturated rings. The van der Waals surface area contributed by atoms with E-state index in [1.54, 1.807) is 0 Å². The third kappa shape index (κ3) is 4.35. The molecule has 6 heteroatoms. The second-order valence-corrected chi connectivity index (χ2v) is 11.7.